The average Bonchev–Trinajstić information content (AvgIpc) is 2.03. The highest BCUT2D eigenvalue weighted by Crippen LogP contribution is 2.13. The lowest BCUT2D eigenvalue weighted by atomic mass is 10.4. The van der Waals surface area contributed by atoms with E-state index in [2.05, 4.69) is 0 Å². The normalized spacial score (nSPS) is 12.0. The monoisotopic (exact) mass is 218 g/mol. The van der Waals surface area contributed by atoms with Crippen LogP contribution in [0.2, 0.25) is 0 Å². The van der Waals surface area contributed by atoms with Gasteiger partial charge in [-0.1, -0.05) is 0 Å². The van der Waals surface area contributed by atoms with E-state index in [1.165, 1.54) is 12.1 Å². The molecule has 1 aromatic carbocycles. The SMILES string of the molecule is C[S+](C)c1ccc(S(=O)(=O)[O-])cc1. The highest BCUT2D eigenvalue weighted by Gasteiger charge is 2.08. The van der Waals surface area contributed by atoms with Crippen LogP contribution in [0.15, 0.2) is 34.1 Å². The molecule has 0 heterocycles. The molecule has 0 unspecified atom stereocenters. The van der Waals surface area contributed by atoms with Crippen molar-refractivity contribution in [1.82, 2.24) is 0 Å². The van der Waals surface area contributed by atoms with Gasteiger partial charge in [0.25, 0.3) is 0 Å². The Balaban J connectivity index is 3.08. The molecule has 5 heteroatoms. The van der Waals surface area contributed by atoms with Crippen LogP contribution in [-0.4, -0.2) is 25.5 Å². The van der Waals surface area contributed by atoms with Crippen LogP contribution in [0, 0.1) is 0 Å². The molecule has 0 aromatic heterocycles. The standard InChI is InChI=1S/C8H10O3S2/c1-12(2)7-3-5-8(6-4-7)13(9,10)11/h3-6H,1-2H3. The molecule has 0 atom stereocenters. The van der Waals surface area contributed by atoms with E-state index in [1.54, 1.807) is 12.1 Å². The fraction of sp³-hybridized carbons (Fsp3) is 0.250. The second kappa shape index (κ2) is 3.69. The maximum absolute atomic E-state index is 10.6. The minimum absolute atomic E-state index is 0.0891. The zero-order valence-corrected chi connectivity index (χ0v) is 8.98. The van der Waals surface area contributed by atoms with E-state index >= 15 is 0 Å². The Morgan fingerprint density at radius 1 is 1.15 bits per heavy atom. The third kappa shape index (κ3) is 2.72. The van der Waals surface area contributed by atoms with Gasteiger partial charge in [-0.2, -0.15) is 0 Å². The van der Waals surface area contributed by atoms with Crippen LogP contribution >= 0.6 is 0 Å². The van der Waals surface area contributed by atoms with Crippen LogP contribution in [0.1, 0.15) is 0 Å². The van der Waals surface area contributed by atoms with E-state index in [0.29, 0.717) is 0 Å². The summed E-state index contributed by atoms with van der Waals surface area (Å²) in [6, 6.07) is 6.05. The fourth-order valence-electron chi connectivity index (χ4n) is 0.878. The molecule has 1 rings (SSSR count). The van der Waals surface area contributed by atoms with Gasteiger partial charge in [0.15, 0.2) is 4.90 Å². The third-order valence-electron chi connectivity index (χ3n) is 1.58. The van der Waals surface area contributed by atoms with Gasteiger partial charge in [0.05, 0.1) is 4.90 Å². The van der Waals surface area contributed by atoms with Gasteiger partial charge in [0, 0.05) is 10.9 Å². The molecular formula is C8H10O3S2. The first-order valence-electron chi connectivity index (χ1n) is 3.55. The molecule has 3 nitrogen and oxygen atoms in total. The Kier molecular flexibility index (Phi) is 3.00. The van der Waals surface area contributed by atoms with Gasteiger partial charge in [-0.15, -0.1) is 0 Å². The van der Waals surface area contributed by atoms with Crippen molar-refractivity contribution < 1.29 is 13.0 Å². The lowest BCUT2D eigenvalue weighted by molar-refractivity contribution is 0.463. The van der Waals surface area contributed by atoms with E-state index in [-0.39, 0.29) is 15.8 Å². The van der Waals surface area contributed by atoms with E-state index < -0.39 is 10.1 Å². The first-order chi connectivity index (χ1) is 5.91. The predicted molar refractivity (Wildman–Crippen MR) is 51.9 cm³/mol. The van der Waals surface area contributed by atoms with Crippen LogP contribution in [0.25, 0.3) is 0 Å². The van der Waals surface area contributed by atoms with Gasteiger partial charge in [-0.05, 0) is 24.3 Å². The highest BCUT2D eigenvalue weighted by atomic mass is 32.2. The lowest BCUT2D eigenvalue weighted by Gasteiger charge is -2.06. The number of hydrogen-bond donors (Lipinski definition) is 0. The van der Waals surface area contributed by atoms with E-state index in [4.69, 9.17) is 0 Å². The maximum Gasteiger partial charge on any atom is 0.154 e. The number of benzene rings is 1. The predicted octanol–water partition coefficient (Wildman–Crippen LogP) is 0.828. The van der Waals surface area contributed by atoms with Crippen molar-refractivity contribution in [3.05, 3.63) is 24.3 Å². The quantitative estimate of drug-likeness (QED) is 0.545. The van der Waals surface area contributed by atoms with Gasteiger partial charge in [0.1, 0.15) is 22.6 Å². The van der Waals surface area contributed by atoms with Crippen LogP contribution in [-0.2, 0) is 21.0 Å². The van der Waals surface area contributed by atoms with Gasteiger partial charge >= 0.3 is 0 Å². The largest absolute Gasteiger partial charge is 0.744 e. The molecule has 0 fully saturated rings. The van der Waals surface area contributed by atoms with Crippen molar-refractivity contribution in [3.63, 3.8) is 0 Å². The van der Waals surface area contributed by atoms with Crippen molar-refractivity contribution in [2.24, 2.45) is 0 Å². The minimum Gasteiger partial charge on any atom is -0.744 e. The summed E-state index contributed by atoms with van der Waals surface area (Å²) in [5.74, 6) is 0. The zero-order valence-electron chi connectivity index (χ0n) is 7.35. The number of hydrogen-bond acceptors (Lipinski definition) is 3. The molecule has 0 saturated carbocycles. The molecule has 0 aliphatic heterocycles. The Labute approximate surface area is 80.9 Å². The summed E-state index contributed by atoms with van der Waals surface area (Å²) in [5, 5.41) is 0. The van der Waals surface area contributed by atoms with Crippen LogP contribution in [0.5, 0.6) is 0 Å². The second-order valence-corrected chi connectivity index (χ2v) is 6.23. The molecule has 1 aromatic rings. The van der Waals surface area contributed by atoms with E-state index in [9.17, 15) is 13.0 Å². The molecule has 0 saturated heterocycles. The van der Waals surface area contributed by atoms with E-state index in [0.717, 1.165) is 4.90 Å². The van der Waals surface area contributed by atoms with Crippen LogP contribution in [0.3, 0.4) is 0 Å². The van der Waals surface area contributed by atoms with Crippen LogP contribution in [0.4, 0.5) is 0 Å². The highest BCUT2D eigenvalue weighted by molar-refractivity contribution is 7.95. The molecule has 0 aliphatic rings. The molecule has 0 aliphatic carbocycles. The van der Waals surface area contributed by atoms with Gasteiger partial charge < -0.3 is 4.55 Å². The molecule has 13 heavy (non-hydrogen) atoms. The van der Waals surface area contributed by atoms with Crippen molar-refractivity contribution in [1.29, 1.82) is 0 Å². The minimum atomic E-state index is -4.29. The molecule has 0 amide bonds. The van der Waals surface area contributed by atoms with Crippen molar-refractivity contribution in [3.8, 4) is 0 Å². The first-order valence-corrected chi connectivity index (χ1v) is 7.00. The van der Waals surface area contributed by atoms with Gasteiger partial charge in [-0.25, -0.2) is 8.42 Å². The smallest absolute Gasteiger partial charge is 0.154 e. The second-order valence-electron chi connectivity index (χ2n) is 2.74. The van der Waals surface area contributed by atoms with Crippen molar-refractivity contribution >= 4 is 21.0 Å². The molecular weight excluding hydrogens is 208 g/mol. The fourth-order valence-corrected chi connectivity index (χ4v) is 2.03. The summed E-state index contributed by atoms with van der Waals surface area (Å²) in [6.07, 6.45) is 4.06. The summed E-state index contributed by atoms with van der Waals surface area (Å²) in [7, 11) is -4.20. The Morgan fingerprint density at radius 3 is 1.92 bits per heavy atom. The Bertz CT molecular complexity index is 378. The third-order valence-corrected chi connectivity index (χ3v) is 3.65. The van der Waals surface area contributed by atoms with E-state index in [1.807, 2.05) is 12.5 Å². The van der Waals surface area contributed by atoms with Crippen molar-refractivity contribution in [2.75, 3.05) is 12.5 Å². The van der Waals surface area contributed by atoms with Gasteiger partial charge in [0.2, 0.25) is 0 Å². The first kappa shape index (κ1) is 10.6. The zero-order chi connectivity index (χ0) is 10.1. The Hall–Kier alpha value is -0.520. The molecule has 0 spiro atoms. The maximum atomic E-state index is 10.6. The topological polar surface area (TPSA) is 57.2 Å². The Morgan fingerprint density at radius 2 is 1.62 bits per heavy atom. The summed E-state index contributed by atoms with van der Waals surface area (Å²) >= 11 is 0. The summed E-state index contributed by atoms with van der Waals surface area (Å²) in [5.41, 5.74) is 0. The molecule has 72 valence electrons. The summed E-state index contributed by atoms with van der Waals surface area (Å²) in [6.45, 7) is 0. The molecule has 0 radical (unpaired) electrons. The summed E-state index contributed by atoms with van der Waals surface area (Å²) < 4.78 is 31.7. The average molecular weight is 218 g/mol. The van der Waals surface area contributed by atoms with Gasteiger partial charge in [-0.3, -0.25) is 0 Å². The van der Waals surface area contributed by atoms with Crippen LogP contribution < -0.4 is 0 Å². The summed E-state index contributed by atoms with van der Waals surface area (Å²) in [4.78, 5) is 0.883. The number of rotatable bonds is 2. The molecule has 0 bridgehead atoms. The van der Waals surface area contributed by atoms with Crippen molar-refractivity contribution in [2.45, 2.75) is 9.79 Å². The lowest BCUT2D eigenvalue weighted by Crippen LogP contribution is -2.00. The molecule has 0 N–H and O–H groups in total.